The van der Waals surface area contributed by atoms with E-state index in [1.54, 1.807) is 25.1 Å². The third-order valence-corrected chi connectivity index (χ3v) is 3.43. The Labute approximate surface area is 121 Å². The topological polar surface area (TPSA) is 110 Å². The average molecular weight is 289 g/mol. The zero-order valence-corrected chi connectivity index (χ0v) is 11.5. The van der Waals surface area contributed by atoms with Gasteiger partial charge in [0, 0.05) is 18.2 Å². The molecule has 1 atom stereocenters. The molecule has 0 bridgehead atoms. The van der Waals surface area contributed by atoms with Gasteiger partial charge in [0.1, 0.15) is 0 Å². The van der Waals surface area contributed by atoms with Crippen molar-refractivity contribution >= 4 is 29.8 Å². The normalized spacial score (nSPS) is 14.8. The van der Waals surface area contributed by atoms with Crippen molar-refractivity contribution in [3.05, 3.63) is 29.3 Å². The van der Waals surface area contributed by atoms with Crippen LogP contribution < -0.4 is 11.1 Å². The minimum atomic E-state index is -0.464. The lowest BCUT2D eigenvalue weighted by Gasteiger charge is -2.22. The van der Waals surface area contributed by atoms with Gasteiger partial charge < -0.3 is 5.73 Å². The molecule has 3 N–H and O–H groups in total. The van der Waals surface area contributed by atoms with Crippen LogP contribution in [-0.4, -0.2) is 35.1 Å². The number of carbonyl (C=O) groups excluding carboxylic acids is 4. The monoisotopic (exact) mass is 289 g/mol. The van der Waals surface area contributed by atoms with Crippen molar-refractivity contribution in [1.82, 2.24) is 10.2 Å². The van der Waals surface area contributed by atoms with Crippen molar-refractivity contribution in [3.63, 3.8) is 0 Å². The number of anilines is 1. The molecule has 0 aliphatic carbocycles. The van der Waals surface area contributed by atoms with E-state index in [1.165, 1.54) is 0 Å². The summed E-state index contributed by atoms with van der Waals surface area (Å²) >= 11 is 0. The molecule has 1 unspecified atom stereocenters. The van der Waals surface area contributed by atoms with Crippen molar-refractivity contribution in [2.45, 2.75) is 25.8 Å². The van der Waals surface area contributed by atoms with E-state index in [4.69, 9.17) is 5.73 Å². The van der Waals surface area contributed by atoms with Gasteiger partial charge in [0.15, 0.2) is 0 Å². The predicted octanol–water partition coefficient (Wildman–Crippen LogP) is 0.306. The van der Waals surface area contributed by atoms with Gasteiger partial charge in [0.25, 0.3) is 11.8 Å². The Morgan fingerprint density at radius 3 is 2.71 bits per heavy atom. The average Bonchev–Trinajstić information content (AvgIpc) is 2.70. The molecule has 0 fully saturated rings. The number of benzene rings is 1. The van der Waals surface area contributed by atoms with E-state index in [2.05, 4.69) is 0 Å². The molecule has 7 nitrogen and oxygen atoms in total. The SMILES string of the molecule is CC(CCC(=O)NC=O)N1C(=O)c2cccc(N)c2C1=O. The van der Waals surface area contributed by atoms with E-state index in [9.17, 15) is 19.2 Å². The Morgan fingerprint density at radius 2 is 2.10 bits per heavy atom. The van der Waals surface area contributed by atoms with Crippen LogP contribution in [0.5, 0.6) is 0 Å². The van der Waals surface area contributed by atoms with Gasteiger partial charge in [0.05, 0.1) is 11.1 Å². The van der Waals surface area contributed by atoms with Crippen LogP contribution in [0.15, 0.2) is 18.2 Å². The van der Waals surface area contributed by atoms with Crippen LogP contribution in [0.25, 0.3) is 0 Å². The minimum Gasteiger partial charge on any atom is -0.398 e. The first-order chi connectivity index (χ1) is 9.97. The summed E-state index contributed by atoms with van der Waals surface area (Å²) in [7, 11) is 0. The van der Waals surface area contributed by atoms with Crippen LogP contribution in [0.4, 0.5) is 5.69 Å². The molecule has 0 saturated heterocycles. The van der Waals surface area contributed by atoms with Crippen LogP contribution >= 0.6 is 0 Å². The summed E-state index contributed by atoms with van der Waals surface area (Å²) in [6.45, 7) is 1.67. The van der Waals surface area contributed by atoms with Gasteiger partial charge in [-0.1, -0.05) is 6.07 Å². The van der Waals surface area contributed by atoms with Crippen LogP contribution in [-0.2, 0) is 9.59 Å². The second kappa shape index (κ2) is 5.74. The van der Waals surface area contributed by atoms with Gasteiger partial charge in [0.2, 0.25) is 12.3 Å². The fraction of sp³-hybridized carbons (Fsp3) is 0.286. The zero-order valence-electron chi connectivity index (χ0n) is 11.5. The number of nitrogens with zero attached hydrogens (tertiary/aromatic N) is 1. The van der Waals surface area contributed by atoms with E-state index >= 15 is 0 Å². The summed E-state index contributed by atoms with van der Waals surface area (Å²) in [6, 6.07) is 4.27. The van der Waals surface area contributed by atoms with E-state index in [0.717, 1.165) is 4.90 Å². The summed E-state index contributed by atoms with van der Waals surface area (Å²) in [5.74, 6) is -1.31. The van der Waals surface area contributed by atoms with Crippen LogP contribution in [0.2, 0.25) is 0 Å². The maximum absolute atomic E-state index is 12.3. The standard InChI is InChI=1S/C14H15N3O4/c1-8(5-6-11(19)16-7-18)17-13(20)9-3-2-4-10(15)12(9)14(17)21/h2-4,7-8H,5-6,15H2,1H3,(H,16,18,19). The molecule has 0 radical (unpaired) electrons. The number of imide groups is 2. The summed E-state index contributed by atoms with van der Waals surface area (Å²) in [5, 5.41) is 2.01. The molecule has 1 aromatic rings. The first kappa shape index (κ1) is 14.7. The maximum atomic E-state index is 12.3. The van der Waals surface area contributed by atoms with Gasteiger partial charge in [-0.15, -0.1) is 0 Å². The number of fused-ring (bicyclic) bond motifs is 1. The van der Waals surface area contributed by atoms with Crippen molar-refractivity contribution in [3.8, 4) is 0 Å². The predicted molar refractivity (Wildman–Crippen MR) is 74.3 cm³/mol. The fourth-order valence-electron chi connectivity index (χ4n) is 2.34. The van der Waals surface area contributed by atoms with E-state index < -0.39 is 23.8 Å². The first-order valence-corrected chi connectivity index (χ1v) is 6.46. The Balaban J connectivity index is 2.14. The van der Waals surface area contributed by atoms with Crippen LogP contribution in [0.1, 0.15) is 40.5 Å². The van der Waals surface area contributed by atoms with Gasteiger partial charge in [-0.3, -0.25) is 29.4 Å². The lowest BCUT2D eigenvalue weighted by molar-refractivity contribution is -0.125. The van der Waals surface area contributed by atoms with Crippen molar-refractivity contribution < 1.29 is 19.2 Å². The van der Waals surface area contributed by atoms with E-state index in [0.29, 0.717) is 6.41 Å². The number of rotatable bonds is 5. The summed E-state index contributed by atoms with van der Waals surface area (Å²) in [4.78, 5) is 47.1. The molecule has 1 heterocycles. The fourth-order valence-corrected chi connectivity index (χ4v) is 2.34. The minimum absolute atomic E-state index is 0.0444. The molecule has 21 heavy (non-hydrogen) atoms. The number of nitrogens with two attached hydrogens (primary N) is 1. The van der Waals surface area contributed by atoms with E-state index in [-0.39, 0.29) is 29.7 Å². The number of nitrogen functional groups attached to an aromatic ring is 1. The molecule has 1 aromatic carbocycles. The molecule has 1 aliphatic rings. The Hall–Kier alpha value is -2.70. The molecular weight excluding hydrogens is 274 g/mol. The van der Waals surface area contributed by atoms with Crippen molar-refractivity contribution in [2.75, 3.05) is 5.73 Å². The first-order valence-electron chi connectivity index (χ1n) is 6.46. The zero-order chi connectivity index (χ0) is 15.6. The second-order valence-corrected chi connectivity index (χ2v) is 4.82. The van der Waals surface area contributed by atoms with Gasteiger partial charge in [-0.25, -0.2) is 0 Å². The highest BCUT2D eigenvalue weighted by Crippen LogP contribution is 2.29. The Kier molecular flexibility index (Phi) is 4.02. The van der Waals surface area contributed by atoms with Gasteiger partial charge in [-0.05, 0) is 25.5 Å². The molecule has 2 rings (SSSR count). The largest absolute Gasteiger partial charge is 0.398 e. The van der Waals surface area contributed by atoms with E-state index in [1.807, 2.05) is 5.32 Å². The maximum Gasteiger partial charge on any atom is 0.263 e. The highest BCUT2D eigenvalue weighted by molar-refractivity contribution is 6.23. The summed E-state index contributed by atoms with van der Waals surface area (Å²) in [6.07, 6.45) is 0.615. The smallest absolute Gasteiger partial charge is 0.263 e. The number of hydrogen-bond acceptors (Lipinski definition) is 5. The Morgan fingerprint density at radius 1 is 1.38 bits per heavy atom. The Bertz CT molecular complexity index is 627. The molecule has 0 aromatic heterocycles. The van der Waals surface area contributed by atoms with Crippen molar-refractivity contribution in [1.29, 1.82) is 0 Å². The van der Waals surface area contributed by atoms with Crippen molar-refractivity contribution in [2.24, 2.45) is 0 Å². The number of hydrogen-bond donors (Lipinski definition) is 2. The molecular formula is C14H15N3O4. The van der Waals surface area contributed by atoms with Crippen LogP contribution in [0, 0.1) is 0 Å². The van der Waals surface area contributed by atoms with Crippen LogP contribution in [0.3, 0.4) is 0 Å². The third-order valence-electron chi connectivity index (χ3n) is 3.43. The molecule has 0 spiro atoms. The number of nitrogens with one attached hydrogen (secondary N) is 1. The molecule has 7 heteroatoms. The summed E-state index contributed by atoms with van der Waals surface area (Å²) in [5.41, 5.74) is 6.51. The summed E-state index contributed by atoms with van der Waals surface area (Å²) < 4.78 is 0. The quantitative estimate of drug-likeness (QED) is 0.460. The molecule has 110 valence electrons. The van der Waals surface area contributed by atoms with Gasteiger partial charge >= 0.3 is 0 Å². The molecule has 4 amide bonds. The lowest BCUT2D eigenvalue weighted by Crippen LogP contribution is -2.38. The lowest BCUT2D eigenvalue weighted by atomic mass is 10.1. The molecule has 1 aliphatic heterocycles. The highest BCUT2D eigenvalue weighted by atomic mass is 16.2. The third kappa shape index (κ3) is 2.62. The highest BCUT2D eigenvalue weighted by Gasteiger charge is 2.39. The number of amides is 4. The number of carbonyl (C=O) groups is 4. The van der Waals surface area contributed by atoms with Gasteiger partial charge in [-0.2, -0.15) is 0 Å². The molecule has 0 saturated carbocycles. The second-order valence-electron chi connectivity index (χ2n) is 4.82.